The lowest BCUT2D eigenvalue weighted by molar-refractivity contribution is 0.102. The van der Waals surface area contributed by atoms with E-state index in [1.165, 1.54) is 13.3 Å². The number of carbonyl (C=O) groups is 1. The zero-order chi connectivity index (χ0) is 20.1. The first-order chi connectivity index (χ1) is 13.2. The van der Waals surface area contributed by atoms with Gasteiger partial charge in [-0.3, -0.25) is 10.2 Å². The lowest BCUT2D eigenvalue weighted by atomic mass is 9.77. The normalized spacial score (nSPS) is 23.2. The highest BCUT2D eigenvalue weighted by Crippen LogP contribution is 2.40. The summed E-state index contributed by atoms with van der Waals surface area (Å²) in [6.07, 6.45) is 3.52. The Morgan fingerprint density at radius 3 is 2.89 bits per heavy atom. The summed E-state index contributed by atoms with van der Waals surface area (Å²) in [4.78, 5) is 16.4. The molecule has 2 aliphatic rings. The van der Waals surface area contributed by atoms with Crippen LogP contribution in [0.2, 0.25) is 0 Å². The topological polar surface area (TPSA) is 128 Å². The van der Waals surface area contributed by atoms with Gasteiger partial charge in [-0.15, -0.1) is 0 Å². The van der Waals surface area contributed by atoms with E-state index < -0.39 is 21.5 Å². The molecule has 148 valence electrons. The number of oxazole rings is 1. The highest BCUT2D eigenvalue weighted by molar-refractivity contribution is 7.89. The van der Waals surface area contributed by atoms with E-state index in [1.54, 1.807) is 19.1 Å². The molecule has 3 N–H and O–H groups in total. The predicted octanol–water partition coefficient (Wildman–Crippen LogP) is 1.57. The van der Waals surface area contributed by atoms with Gasteiger partial charge in [-0.2, -0.15) is 0 Å². The smallest absolute Gasteiger partial charge is 0.277 e. The molecular formula is C18H21N5O4S. The summed E-state index contributed by atoms with van der Waals surface area (Å²) in [5.41, 5.74) is 1.65. The second-order valence-electron chi connectivity index (χ2n) is 7.21. The first kappa shape index (κ1) is 18.5. The number of aryl methyl sites for hydroxylation is 2. The van der Waals surface area contributed by atoms with Crippen LogP contribution in [0.4, 0.5) is 5.69 Å². The molecule has 1 aliphatic heterocycles. The second kappa shape index (κ2) is 6.33. The van der Waals surface area contributed by atoms with Crippen molar-refractivity contribution >= 4 is 27.6 Å². The molecule has 28 heavy (non-hydrogen) atoms. The Hall–Kier alpha value is -2.88. The molecule has 2 aromatic rings. The maximum absolute atomic E-state index is 12.6. The summed E-state index contributed by atoms with van der Waals surface area (Å²) in [5, 5.41) is 14.0. The van der Waals surface area contributed by atoms with Gasteiger partial charge >= 0.3 is 0 Å². The van der Waals surface area contributed by atoms with Crippen LogP contribution in [0.25, 0.3) is 0 Å². The van der Waals surface area contributed by atoms with E-state index in [1.807, 2.05) is 6.07 Å². The van der Waals surface area contributed by atoms with Crippen molar-refractivity contribution in [1.29, 1.82) is 5.41 Å². The van der Waals surface area contributed by atoms with Gasteiger partial charge in [-0.25, -0.2) is 17.7 Å². The second-order valence-corrected chi connectivity index (χ2v) is 9.21. The van der Waals surface area contributed by atoms with E-state index in [2.05, 4.69) is 15.6 Å². The minimum Gasteiger partial charge on any atom is -0.448 e. The first-order valence-corrected chi connectivity index (χ1v) is 10.5. The van der Waals surface area contributed by atoms with Crippen molar-refractivity contribution in [3.05, 3.63) is 47.2 Å². The number of aromatic nitrogens is 1. The molecule has 1 saturated heterocycles. The van der Waals surface area contributed by atoms with Crippen LogP contribution < -0.4 is 10.6 Å². The fourth-order valence-corrected chi connectivity index (χ4v) is 5.38. The van der Waals surface area contributed by atoms with E-state index in [4.69, 9.17) is 9.83 Å². The van der Waals surface area contributed by atoms with Crippen molar-refractivity contribution in [3.63, 3.8) is 0 Å². The zero-order valence-electron chi connectivity index (χ0n) is 15.6. The van der Waals surface area contributed by atoms with Gasteiger partial charge < -0.3 is 15.1 Å². The molecule has 0 radical (unpaired) electrons. The standard InChI is InChI=1S/C18H21N5O4S/c1-11-20-15(9-27-11)16(24)21-13-6-5-12-4-3-7-18(14(12)8-13)10-28(25,26)23(2)17(19)22-18/h5-6,8-9H,3-4,7,10H2,1-2H3,(H2,19,22)(H,21,24)/t18-/m0/s1. The Balaban J connectivity index is 1.70. The molecule has 0 saturated carbocycles. The van der Waals surface area contributed by atoms with Gasteiger partial charge in [-0.05, 0) is 42.5 Å². The van der Waals surface area contributed by atoms with Crippen LogP contribution >= 0.6 is 0 Å². The average molecular weight is 403 g/mol. The molecule has 2 heterocycles. The highest BCUT2D eigenvalue weighted by atomic mass is 32.2. The van der Waals surface area contributed by atoms with Crippen molar-refractivity contribution in [3.8, 4) is 0 Å². The van der Waals surface area contributed by atoms with Gasteiger partial charge in [0.05, 0.1) is 11.3 Å². The SMILES string of the molecule is Cc1nc(C(=O)Nc2ccc3c(c2)[C@]2(CCC3)CS(=O)(=O)N(C)C(=N)N2)co1. The summed E-state index contributed by atoms with van der Waals surface area (Å²) in [6.45, 7) is 1.65. The summed E-state index contributed by atoms with van der Waals surface area (Å²) >= 11 is 0. The number of nitrogens with zero attached hydrogens (tertiary/aromatic N) is 2. The molecular weight excluding hydrogens is 382 g/mol. The maximum atomic E-state index is 12.6. The third kappa shape index (κ3) is 3.03. The zero-order valence-corrected chi connectivity index (χ0v) is 16.4. The maximum Gasteiger partial charge on any atom is 0.277 e. The summed E-state index contributed by atoms with van der Waals surface area (Å²) in [7, 11) is -2.23. The molecule has 1 spiro atoms. The van der Waals surface area contributed by atoms with E-state index in [-0.39, 0.29) is 17.4 Å². The Labute approximate surface area is 162 Å². The van der Waals surface area contributed by atoms with Crippen LogP contribution in [0.15, 0.2) is 28.9 Å². The minimum atomic E-state index is -3.60. The number of guanidine groups is 1. The Bertz CT molecular complexity index is 1080. The Morgan fingerprint density at radius 2 is 2.21 bits per heavy atom. The number of carbonyl (C=O) groups excluding carboxylic acids is 1. The van der Waals surface area contributed by atoms with Crippen LogP contribution in [-0.2, 0) is 22.0 Å². The largest absolute Gasteiger partial charge is 0.448 e. The number of hydrogen-bond acceptors (Lipinski definition) is 6. The molecule has 4 rings (SSSR count). The Kier molecular flexibility index (Phi) is 4.18. The van der Waals surface area contributed by atoms with Gasteiger partial charge in [0.25, 0.3) is 5.91 Å². The summed E-state index contributed by atoms with van der Waals surface area (Å²) in [5.74, 6) is -0.287. The van der Waals surface area contributed by atoms with Gasteiger partial charge in [0.2, 0.25) is 16.0 Å². The lowest BCUT2D eigenvalue weighted by Crippen LogP contribution is -2.63. The van der Waals surface area contributed by atoms with Crippen molar-refractivity contribution in [2.75, 3.05) is 18.1 Å². The van der Waals surface area contributed by atoms with Gasteiger partial charge in [0, 0.05) is 19.7 Å². The Morgan fingerprint density at radius 1 is 1.43 bits per heavy atom. The van der Waals surface area contributed by atoms with Crippen LogP contribution in [-0.4, -0.2) is 42.4 Å². The van der Waals surface area contributed by atoms with Crippen molar-refractivity contribution in [2.45, 2.75) is 31.7 Å². The summed E-state index contributed by atoms with van der Waals surface area (Å²) < 4.78 is 31.2. The van der Waals surface area contributed by atoms with E-state index >= 15 is 0 Å². The van der Waals surface area contributed by atoms with E-state index in [0.29, 0.717) is 18.0 Å². The number of hydrogen-bond donors (Lipinski definition) is 3. The third-order valence-electron chi connectivity index (χ3n) is 5.30. The quantitative estimate of drug-likeness (QED) is 0.698. The fourth-order valence-electron chi connectivity index (χ4n) is 3.86. The number of nitrogens with one attached hydrogen (secondary N) is 3. The van der Waals surface area contributed by atoms with Gasteiger partial charge in [-0.1, -0.05) is 6.07 Å². The number of amides is 1. The molecule has 0 unspecified atom stereocenters. The van der Waals surface area contributed by atoms with Crippen LogP contribution in [0.5, 0.6) is 0 Å². The number of fused-ring (bicyclic) bond motifs is 2. The molecule has 1 aliphatic carbocycles. The van der Waals surface area contributed by atoms with Crippen molar-refractivity contribution in [2.24, 2.45) is 0 Å². The van der Waals surface area contributed by atoms with E-state index in [0.717, 1.165) is 28.3 Å². The van der Waals surface area contributed by atoms with E-state index in [9.17, 15) is 13.2 Å². The molecule has 9 nitrogen and oxygen atoms in total. The van der Waals surface area contributed by atoms with Crippen molar-refractivity contribution in [1.82, 2.24) is 14.6 Å². The van der Waals surface area contributed by atoms with Crippen LogP contribution in [0.1, 0.15) is 40.3 Å². The molecule has 1 amide bonds. The van der Waals surface area contributed by atoms with Crippen LogP contribution in [0.3, 0.4) is 0 Å². The minimum absolute atomic E-state index is 0.133. The number of rotatable bonds is 2. The van der Waals surface area contributed by atoms with Crippen LogP contribution in [0, 0.1) is 12.3 Å². The molecule has 1 aromatic carbocycles. The molecule has 1 aromatic heterocycles. The van der Waals surface area contributed by atoms with Gasteiger partial charge in [0.1, 0.15) is 6.26 Å². The lowest BCUT2D eigenvalue weighted by Gasteiger charge is -2.45. The fraction of sp³-hybridized carbons (Fsp3) is 0.389. The summed E-state index contributed by atoms with van der Waals surface area (Å²) in [6, 6.07) is 5.48. The number of benzene rings is 1. The molecule has 10 heteroatoms. The van der Waals surface area contributed by atoms with Gasteiger partial charge in [0.15, 0.2) is 11.6 Å². The highest BCUT2D eigenvalue weighted by Gasteiger charge is 2.47. The van der Waals surface area contributed by atoms with Crippen molar-refractivity contribution < 1.29 is 17.6 Å². The molecule has 1 atom stereocenters. The molecule has 1 fully saturated rings. The number of sulfonamides is 1. The monoisotopic (exact) mass is 403 g/mol. The third-order valence-corrected chi connectivity index (χ3v) is 7.18. The predicted molar refractivity (Wildman–Crippen MR) is 103 cm³/mol. The number of anilines is 1. The average Bonchev–Trinajstić information content (AvgIpc) is 3.07. The first-order valence-electron chi connectivity index (χ1n) is 8.90. The molecule has 0 bridgehead atoms.